The number of benzene rings is 2. The van der Waals surface area contributed by atoms with E-state index >= 15 is 0 Å². The lowest BCUT2D eigenvalue weighted by atomic mass is 10.1. The maximum Gasteiger partial charge on any atom is 0.253 e. The molecule has 3 N–H and O–H groups in total. The molecule has 0 radical (unpaired) electrons. The zero-order chi connectivity index (χ0) is 17.6. The van der Waals surface area contributed by atoms with Gasteiger partial charge in [0.15, 0.2) is 0 Å². The van der Waals surface area contributed by atoms with E-state index in [-0.39, 0.29) is 11.8 Å². The van der Waals surface area contributed by atoms with Crippen LogP contribution in [0, 0.1) is 0 Å². The summed E-state index contributed by atoms with van der Waals surface area (Å²) >= 11 is 0. The summed E-state index contributed by atoms with van der Waals surface area (Å²) in [6.45, 7) is 2.92. The van der Waals surface area contributed by atoms with Gasteiger partial charge < -0.3 is 16.0 Å². The van der Waals surface area contributed by atoms with Gasteiger partial charge in [0.1, 0.15) is 0 Å². The molecule has 6 nitrogen and oxygen atoms in total. The summed E-state index contributed by atoms with van der Waals surface area (Å²) in [5.74, 6) is -0.0297. The zero-order valence-corrected chi connectivity index (χ0v) is 14.0. The highest BCUT2D eigenvalue weighted by atomic mass is 16.2. The van der Waals surface area contributed by atoms with Crippen molar-refractivity contribution in [1.82, 2.24) is 9.80 Å². The van der Waals surface area contributed by atoms with E-state index in [4.69, 9.17) is 5.73 Å². The van der Waals surface area contributed by atoms with E-state index in [9.17, 15) is 9.59 Å². The van der Waals surface area contributed by atoms with Gasteiger partial charge in [-0.25, -0.2) is 0 Å². The van der Waals surface area contributed by atoms with Crippen LogP contribution in [0.5, 0.6) is 0 Å². The Morgan fingerprint density at radius 3 is 2.20 bits per heavy atom. The molecule has 0 aliphatic carbocycles. The molecular formula is C19H22N4O2. The van der Waals surface area contributed by atoms with Crippen LogP contribution in [0.15, 0.2) is 54.6 Å². The molecule has 130 valence electrons. The number of hydrogen-bond acceptors (Lipinski definition) is 4. The Morgan fingerprint density at radius 1 is 0.920 bits per heavy atom. The Kier molecular flexibility index (Phi) is 5.30. The smallest absolute Gasteiger partial charge is 0.253 e. The predicted molar refractivity (Wildman–Crippen MR) is 98.3 cm³/mol. The number of anilines is 2. The highest BCUT2D eigenvalue weighted by Gasteiger charge is 2.23. The Labute approximate surface area is 147 Å². The van der Waals surface area contributed by atoms with E-state index in [2.05, 4.69) is 10.2 Å². The van der Waals surface area contributed by atoms with Gasteiger partial charge in [-0.15, -0.1) is 0 Å². The summed E-state index contributed by atoms with van der Waals surface area (Å²) in [5.41, 5.74) is 7.74. The third kappa shape index (κ3) is 4.58. The molecule has 1 saturated heterocycles. The van der Waals surface area contributed by atoms with Gasteiger partial charge in [-0.2, -0.15) is 0 Å². The lowest BCUT2D eigenvalue weighted by molar-refractivity contribution is -0.117. The molecule has 25 heavy (non-hydrogen) atoms. The Balaban J connectivity index is 1.47. The number of hydrogen-bond donors (Lipinski definition) is 2. The van der Waals surface area contributed by atoms with E-state index in [1.165, 1.54) is 0 Å². The summed E-state index contributed by atoms with van der Waals surface area (Å²) in [4.78, 5) is 28.4. The Morgan fingerprint density at radius 2 is 1.56 bits per heavy atom. The maximum atomic E-state index is 12.5. The fourth-order valence-corrected chi connectivity index (χ4v) is 2.84. The topological polar surface area (TPSA) is 78.7 Å². The van der Waals surface area contributed by atoms with Crippen LogP contribution in [0.25, 0.3) is 0 Å². The lowest BCUT2D eigenvalue weighted by Crippen LogP contribution is -2.50. The first-order chi connectivity index (χ1) is 12.1. The van der Waals surface area contributed by atoms with Gasteiger partial charge in [0, 0.05) is 43.1 Å². The molecule has 1 aliphatic rings. The van der Waals surface area contributed by atoms with Crippen LogP contribution in [0.3, 0.4) is 0 Å². The number of piperazine rings is 1. The van der Waals surface area contributed by atoms with E-state index in [1.807, 2.05) is 35.2 Å². The number of nitrogens with two attached hydrogens (primary N) is 1. The molecule has 2 amide bonds. The molecular weight excluding hydrogens is 316 g/mol. The monoisotopic (exact) mass is 338 g/mol. The van der Waals surface area contributed by atoms with Crippen molar-refractivity contribution < 1.29 is 9.59 Å². The second-order valence-corrected chi connectivity index (χ2v) is 6.10. The van der Waals surface area contributed by atoms with Gasteiger partial charge in [0.25, 0.3) is 5.91 Å². The molecule has 1 heterocycles. The molecule has 2 aromatic carbocycles. The second-order valence-electron chi connectivity index (χ2n) is 6.10. The number of para-hydroxylation sites is 1. The number of nitrogens with one attached hydrogen (secondary N) is 1. The number of carbonyl (C=O) groups is 2. The number of nitrogen functional groups attached to an aromatic ring is 1. The quantitative estimate of drug-likeness (QED) is 0.831. The predicted octanol–water partition coefficient (Wildman–Crippen LogP) is 1.67. The fourth-order valence-electron chi connectivity index (χ4n) is 2.84. The van der Waals surface area contributed by atoms with Crippen LogP contribution in [-0.2, 0) is 4.79 Å². The summed E-state index contributed by atoms with van der Waals surface area (Å²) in [7, 11) is 0. The van der Waals surface area contributed by atoms with Gasteiger partial charge in [-0.05, 0) is 36.4 Å². The van der Waals surface area contributed by atoms with E-state index in [0.29, 0.717) is 44.0 Å². The number of carbonyl (C=O) groups excluding carboxylic acids is 2. The minimum absolute atomic E-state index is 0.00777. The number of amides is 2. The molecule has 0 bridgehead atoms. The summed E-state index contributed by atoms with van der Waals surface area (Å²) in [6, 6.07) is 16.4. The fraction of sp³-hybridized carbons (Fsp3) is 0.263. The van der Waals surface area contributed by atoms with Gasteiger partial charge >= 0.3 is 0 Å². The largest absolute Gasteiger partial charge is 0.399 e. The number of nitrogens with zero attached hydrogens (tertiary/aromatic N) is 2. The van der Waals surface area contributed by atoms with Crippen LogP contribution in [0.1, 0.15) is 10.4 Å². The van der Waals surface area contributed by atoms with Crippen molar-refractivity contribution >= 4 is 23.2 Å². The third-order valence-corrected chi connectivity index (χ3v) is 4.24. The molecule has 0 atom stereocenters. The highest BCUT2D eigenvalue weighted by molar-refractivity contribution is 5.94. The van der Waals surface area contributed by atoms with Gasteiger partial charge in [0.2, 0.25) is 5.91 Å². The van der Waals surface area contributed by atoms with Gasteiger partial charge in [-0.1, -0.05) is 18.2 Å². The van der Waals surface area contributed by atoms with Crippen molar-refractivity contribution in [2.24, 2.45) is 0 Å². The standard InChI is InChI=1S/C19H22N4O2/c20-16-8-6-15(7-9-16)19(25)23-12-10-22(11-13-23)14-18(24)21-17-4-2-1-3-5-17/h1-9H,10-14,20H2,(H,21,24). The molecule has 3 rings (SSSR count). The molecule has 1 aliphatic heterocycles. The average molecular weight is 338 g/mol. The molecule has 0 aromatic heterocycles. The van der Waals surface area contributed by atoms with Crippen LogP contribution in [0.2, 0.25) is 0 Å². The maximum absolute atomic E-state index is 12.5. The van der Waals surface area contributed by atoms with Crippen LogP contribution in [0.4, 0.5) is 11.4 Å². The van der Waals surface area contributed by atoms with Crippen molar-refractivity contribution in [3.8, 4) is 0 Å². The second kappa shape index (κ2) is 7.81. The normalized spacial score (nSPS) is 15.0. The molecule has 0 spiro atoms. The van der Waals surface area contributed by atoms with Crippen molar-refractivity contribution in [2.45, 2.75) is 0 Å². The molecule has 2 aromatic rings. The Hall–Kier alpha value is -2.86. The minimum Gasteiger partial charge on any atom is -0.399 e. The lowest BCUT2D eigenvalue weighted by Gasteiger charge is -2.34. The first-order valence-electron chi connectivity index (χ1n) is 8.34. The molecule has 6 heteroatoms. The molecule has 0 unspecified atom stereocenters. The SMILES string of the molecule is Nc1ccc(C(=O)N2CCN(CC(=O)Nc3ccccc3)CC2)cc1. The van der Waals surface area contributed by atoms with Crippen molar-refractivity contribution in [2.75, 3.05) is 43.8 Å². The van der Waals surface area contributed by atoms with Crippen LogP contribution in [-0.4, -0.2) is 54.3 Å². The van der Waals surface area contributed by atoms with Crippen molar-refractivity contribution in [3.63, 3.8) is 0 Å². The Bertz CT molecular complexity index is 723. The number of rotatable bonds is 4. The van der Waals surface area contributed by atoms with Crippen LogP contribution < -0.4 is 11.1 Å². The molecule has 0 saturated carbocycles. The van der Waals surface area contributed by atoms with E-state index in [1.54, 1.807) is 24.3 Å². The minimum atomic E-state index is -0.0375. The average Bonchev–Trinajstić information content (AvgIpc) is 2.63. The van der Waals surface area contributed by atoms with E-state index < -0.39 is 0 Å². The summed E-state index contributed by atoms with van der Waals surface area (Å²) in [5, 5.41) is 2.88. The summed E-state index contributed by atoms with van der Waals surface area (Å²) < 4.78 is 0. The van der Waals surface area contributed by atoms with Crippen LogP contribution >= 0.6 is 0 Å². The zero-order valence-electron chi connectivity index (χ0n) is 14.0. The van der Waals surface area contributed by atoms with Crippen molar-refractivity contribution in [1.29, 1.82) is 0 Å². The summed E-state index contributed by atoms with van der Waals surface area (Å²) in [6.07, 6.45) is 0. The molecule has 1 fully saturated rings. The first-order valence-corrected chi connectivity index (χ1v) is 8.34. The van der Waals surface area contributed by atoms with E-state index in [0.717, 1.165) is 5.69 Å². The first kappa shape index (κ1) is 17.0. The van der Waals surface area contributed by atoms with Gasteiger partial charge in [-0.3, -0.25) is 14.5 Å². The highest BCUT2D eigenvalue weighted by Crippen LogP contribution is 2.11. The third-order valence-electron chi connectivity index (χ3n) is 4.24. The van der Waals surface area contributed by atoms with Crippen molar-refractivity contribution in [3.05, 3.63) is 60.2 Å². The van der Waals surface area contributed by atoms with Gasteiger partial charge in [0.05, 0.1) is 6.54 Å².